The van der Waals surface area contributed by atoms with E-state index in [0.717, 1.165) is 34.9 Å². The maximum atomic E-state index is 12.7. The molecule has 154 valence electrons. The molecule has 0 aromatic carbocycles. The van der Waals surface area contributed by atoms with Crippen molar-refractivity contribution in [1.29, 1.82) is 0 Å². The molecule has 1 saturated heterocycles. The molecular formula is C20H30N4O3S. The van der Waals surface area contributed by atoms with Gasteiger partial charge in [-0.3, -0.25) is 19.1 Å². The van der Waals surface area contributed by atoms with Crippen LogP contribution in [0.2, 0.25) is 0 Å². The molecule has 3 heterocycles. The number of aromatic nitrogens is 2. The lowest BCUT2D eigenvalue weighted by molar-refractivity contribution is -0.122. The number of nitrogens with one attached hydrogen (secondary N) is 1. The predicted molar refractivity (Wildman–Crippen MR) is 112 cm³/mol. The van der Waals surface area contributed by atoms with E-state index in [1.54, 1.807) is 6.33 Å². The van der Waals surface area contributed by atoms with Gasteiger partial charge in [-0.15, -0.1) is 11.3 Å². The van der Waals surface area contributed by atoms with E-state index in [1.165, 1.54) is 15.9 Å². The van der Waals surface area contributed by atoms with Gasteiger partial charge in [-0.05, 0) is 25.3 Å². The molecule has 3 rings (SSSR count). The van der Waals surface area contributed by atoms with Crippen molar-refractivity contribution < 1.29 is 9.53 Å². The SMILES string of the molecule is Cc1sc2ncn(CCC(=O)NCC3CN(CC(C)C)CCO3)c(=O)c2c1C. The molecule has 0 spiro atoms. The second kappa shape index (κ2) is 9.15. The van der Waals surface area contributed by atoms with E-state index < -0.39 is 0 Å². The molecule has 28 heavy (non-hydrogen) atoms. The van der Waals surface area contributed by atoms with Crippen LogP contribution in [0.4, 0.5) is 0 Å². The maximum absolute atomic E-state index is 12.7. The summed E-state index contributed by atoms with van der Waals surface area (Å²) < 4.78 is 7.30. The Hall–Kier alpha value is -1.77. The Balaban J connectivity index is 1.51. The van der Waals surface area contributed by atoms with Gasteiger partial charge in [-0.2, -0.15) is 0 Å². The molecule has 0 radical (unpaired) electrons. The predicted octanol–water partition coefficient (Wildman–Crippen LogP) is 1.94. The third-order valence-electron chi connectivity index (χ3n) is 5.11. The molecule has 7 nitrogen and oxygen atoms in total. The van der Waals surface area contributed by atoms with E-state index in [-0.39, 0.29) is 24.0 Å². The normalized spacial score (nSPS) is 18.1. The van der Waals surface area contributed by atoms with E-state index in [0.29, 0.717) is 31.0 Å². The number of carbonyl (C=O) groups is 1. The van der Waals surface area contributed by atoms with E-state index in [2.05, 4.69) is 29.0 Å². The largest absolute Gasteiger partial charge is 0.374 e. The molecule has 1 aliphatic heterocycles. The van der Waals surface area contributed by atoms with E-state index in [4.69, 9.17) is 4.74 Å². The van der Waals surface area contributed by atoms with Gasteiger partial charge in [0.05, 0.1) is 24.4 Å². The average Bonchev–Trinajstić information content (AvgIpc) is 2.94. The van der Waals surface area contributed by atoms with Crippen LogP contribution in [0, 0.1) is 19.8 Å². The van der Waals surface area contributed by atoms with Gasteiger partial charge in [-0.1, -0.05) is 13.8 Å². The molecule has 1 amide bonds. The summed E-state index contributed by atoms with van der Waals surface area (Å²) in [5, 5.41) is 3.62. The van der Waals surface area contributed by atoms with Crippen LogP contribution in [0.15, 0.2) is 11.1 Å². The molecule has 0 aliphatic carbocycles. The van der Waals surface area contributed by atoms with Crippen molar-refractivity contribution in [3.63, 3.8) is 0 Å². The Morgan fingerprint density at radius 1 is 1.43 bits per heavy atom. The molecule has 0 saturated carbocycles. The molecule has 1 atom stereocenters. The van der Waals surface area contributed by atoms with Crippen molar-refractivity contribution in [3.8, 4) is 0 Å². The summed E-state index contributed by atoms with van der Waals surface area (Å²) in [6, 6.07) is 0. The third-order valence-corrected chi connectivity index (χ3v) is 6.22. The van der Waals surface area contributed by atoms with Crippen LogP contribution in [-0.2, 0) is 16.1 Å². The minimum atomic E-state index is -0.0743. The van der Waals surface area contributed by atoms with Crippen molar-refractivity contribution in [3.05, 3.63) is 27.1 Å². The van der Waals surface area contributed by atoms with Crippen molar-refractivity contribution >= 4 is 27.5 Å². The van der Waals surface area contributed by atoms with E-state index >= 15 is 0 Å². The van der Waals surface area contributed by atoms with Gasteiger partial charge in [0.1, 0.15) is 4.83 Å². The molecule has 2 aromatic heterocycles. The fourth-order valence-corrected chi connectivity index (χ4v) is 4.54. The number of rotatable bonds is 7. The molecule has 1 unspecified atom stereocenters. The Bertz CT molecular complexity index is 889. The number of hydrogen-bond acceptors (Lipinski definition) is 6. The highest BCUT2D eigenvalue weighted by Crippen LogP contribution is 2.25. The number of hydrogen-bond donors (Lipinski definition) is 1. The lowest BCUT2D eigenvalue weighted by atomic mass is 10.2. The first-order valence-electron chi connectivity index (χ1n) is 9.91. The zero-order chi connectivity index (χ0) is 20.3. The van der Waals surface area contributed by atoms with Gasteiger partial charge >= 0.3 is 0 Å². The van der Waals surface area contributed by atoms with Gasteiger partial charge in [0.2, 0.25) is 5.91 Å². The van der Waals surface area contributed by atoms with Crippen LogP contribution in [0.3, 0.4) is 0 Å². The van der Waals surface area contributed by atoms with Crippen molar-refractivity contribution in [1.82, 2.24) is 19.8 Å². The number of carbonyl (C=O) groups excluding carboxylic acids is 1. The van der Waals surface area contributed by atoms with Gasteiger partial charge in [-0.25, -0.2) is 4.98 Å². The number of nitrogens with zero attached hydrogens (tertiary/aromatic N) is 3. The molecule has 0 bridgehead atoms. The molecule has 1 fully saturated rings. The summed E-state index contributed by atoms with van der Waals surface area (Å²) in [5.41, 5.74) is 0.913. The number of morpholine rings is 1. The van der Waals surface area contributed by atoms with Crippen molar-refractivity contribution in [2.45, 2.75) is 46.8 Å². The zero-order valence-corrected chi connectivity index (χ0v) is 18.0. The highest BCUT2D eigenvalue weighted by molar-refractivity contribution is 7.18. The van der Waals surface area contributed by atoms with Crippen LogP contribution in [0.25, 0.3) is 10.2 Å². The van der Waals surface area contributed by atoms with Crippen molar-refractivity contribution in [2.24, 2.45) is 5.92 Å². The molecule has 1 N–H and O–H groups in total. The minimum absolute atomic E-state index is 0.0219. The van der Waals surface area contributed by atoms with E-state index in [1.807, 2.05) is 13.8 Å². The van der Waals surface area contributed by atoms with Gasteiger partial charge in [0, 0.05) is 44.0 Å². The number of ether oxygens (including phenoxy) is 1. The lowest BCUT2D eigenvalue weighted by Gasteiger charge is -2.33. The molecule has 1 aliphatic rings. The fourth-order valence-electron chi connectivity index (χ4n) is 3.55. The molecule has 8 heteroatoms. The molecular weight excluding hydrogens is 376 g/mol. The first kappa shape index (κ1) is 21.0. The zero-order valence-electron chi connectivity index (χ0n) is 17.2. The summed E-state index contributed by atoms with van der Waals surface area (Å²) in [6.07, 6.45) is 1.81. The number of thiophene rings is 1. The first-order chi connectivity index (χ1) is 13.3. The fraction of sp³-hybridized carbons (Fsp3) is 0.650. The topological polar surface area (TPSA) is 76.5 Å². The average molecular weight is 407 g/mol. The monoisotopic (exact) mass is 406 g/mol. The number of aryl methyl sites for hydroxylation is 3. The van der Waals surface area contributed by atoms with Crippen LogP contribution in [-0.4, -0.2) is 59.2 Å². The maximum Gasteiger partial charge on any atom is 0.262 e. The Morgan fingerprint density at radius 3 is 2.96 bits per heavy atom. The van der Waals surface area contributed by atoms with E-state index in [9.17, 15) is 9.59 Å². The van der Waals surface area contributed by atoms with Crippen LogP contribution in [0.1, 0.15) is 30.7 Å². The van der Waals surface area contributed by atoms with Gasteiger partial charge in [0.25, 0.3) is 5.56 Å². The Labute approximate surface area is 169 Å². The minimum Gasteiger partial charge on any atom is -0.374 e. The Morgan fingerprint density at radius 2 is 2.21 bits per heavy atom. The summed E-state index contributed by atoms with van der Waals surface area (Å²) in [4.78, 5) is 33.6. The third kappa shape index (κ3) is 4.98. The summed E-state index contributed by atoms with van der Waals surface area (Å²) in [5.74, 6) is 0.544. The second-order valence-electron chi connectivity index (χ2n) is 7.91. The number of fused-ring (bicyclic) bond motifs is 1. The lowest BCUT2D eigenvalue weighted by Crippen LogP contribution is -2.48. The van der Waals surface area contributed by atoms with Crippen molar-refractivity contribution in [2.75, 3.05) is 32.8 Å². The van der Waals surface area contributed by atoms with Gasteiger partial charge < -0.3 is 10.1 Å². The van der Waals surface area contributed by atoms with Gasteiger partial charge in [0.15, 0.2) is 0 Å². The second-order valence-corrected chi connectivity index (χ2v) is 9.11. The molecule has 2 aromatic rings. The highest BCUT2D eigenvalue weighted by atomic mass is 32.1. The smallest absolute Gasteiger partial charge is 0.262 e. The summed E-state index contributed by atoms with van der Waals surface area (Å²) in [7, 11) is 0. The standard InChI is InChI=1S/C20H30N4O3S/c1-13(2)10-23-7-8-27-16(11-23)9-21-17(25)5-6-24-12-22-19-18(20(24)26)14(3)15(4)28-19/h12-13,16H,5-11H2,1-4H3,(H,21,25). The summed E-state index contributed by atoms with van der Waals surface area (Å²) in [6.45, 7) is 12.7. The highest BCUT2D eigenvalue weighted by Gasteiger charge is 2.21. The van der Waals surface area contributed by atoms with Crippen LogP contribution in [0.5, 0.6) is 0 Å². The Kier molecular flexibility index (Phi) is 6.85. The quantitative estimate of drug-likeness (QED) is 0.760. The van der Waals surface area contributed by atoms with Crippen LogP contribution < -0.4 is 10.9 Å². The first-order valence-corrected chi connectivity index (χ1v) is 10.7. The van der Waals surface area contributed by atoms with Crippen LogP contribution >= 0.6 is 11.3 Å². The summed E-state index contributed by atoms with van der Waals surface area (Å²) >= 11 is 1.53. The number of amides is 1.